The van der Waals surface area contributed by atoms with E-state index in [2.05, 4.69) is 5.32 Å². The van der Waals surface area contributed by atoms with Gasteiger partial charge in [-0.1, -0.05) is 0 Å². The normalized spacial score (nSPS) is 24.6. The van der Waals surface area contributed by atoms with Crippen LogP contribution in [-0.2, 0) is 4.79 Å². The predicted octanol–water partition coefficient (Wildman–Crippen LogP) is -0.421. The van der Waals surface area contributed by atoms with E-state index >= 15 is 0 Å². The predicted molar refractivity (Wildman–Crippen MR) is 52.8 cm³/mol. The minimum Gasteiger partial charge on any atom is -0.386 e. The molecular weight excluding hydrogens is 180 g/mol. The van der Waals surface area contributed by atoms with Crippen LogP contribution in [0.1, 0.15) is 19.3 Å². The lowest BCUT2D eigenvalue weighted by Gasteiger charge is -2.47. The lowest BCUT2D eigenvalue weighted by molar-refractivity contribution is -0.159. The summed E-state index contributed by atoms with van der Waals surface area (Å²) in [6.07, 6.45) is 2.81. The largest absolute Gasteiger partial charge is 0.386 e. The third-order valence-corrected chi connectivity index (χ3v) is 3.21. The van der Waals surface area contributed by atoms with Gasteiger partial charge in [-0.25, -0.2) is 0 Å². The molecule has 0 spiro atoms. The van der Waals surface area contributed by atoms with Crippen LogP contribution in [0.3, 0.4) is 0 Å². The van der Waals surface area contributed by atoms with Gasteiger partial charge in [-0.3, -0.25) is 4.79 Å². The van der Waals surface area contributed by atoms with Crippen molar-refractivity contribution in [2.24, 2.45) is 5.92 Å². The van der Waals surface area contributed by atoms with Crippen LogP contribution in [0.25, 0.3) is 0 Å². The number of hydrogen-bond acceptors (Lipinski definition) is 3. The summed E-state index contributed by atoms with van der Waals surface area (Å²) in [6.45, 7) is 1.83. The third-order valence-electron chi connectivity index (χ3n) is 3.21. The summed E-state index contributed by atoms with van der Waals surface area (Å²) in [5, 5.41) is 12.9. The number of amides is 1. The van der Waals surface area contributed by atoms with Crippen LogP contribution in [0.2, 0.25) is 0 Å². The van der Waals surface area contributed by atoms with Gasteiger partial charge < -0.3 is 15.3 Å². The number of carbonyl (C=O) groups is 1. The highest BCUT2D eigenvalue weighted by Crippen LogP contribution is 2.44. The number of β-amino-alcohol motifs (C(OH)–C–C–N with tert-alkyl or cyclic N) is 1. The van der Waals surface area contributed by atoms with Crippen molar-refractivity contribution in [1.29, 1.82) is 0 Å². The molecule has 4 nitrogen and oxygen atoms in total. The summed E-state index contributed by atoms with van der Waals surface area (Å²) < 4.78 is 0. The molecule has 0 aromatic heterocycles. The summed E-state index contributed by atoms with van der Waals surface area (Å²) >= 11 is 0. The second-order valence-corrected chi connectivity index (χ2v) is 4.48. The van der Waals surface area contributed by atoms with Gasteiger partial charge in [0.05, 0.1) is 13.1 Å². The van der Waals surface area contributed by atoms with E-state index in [0.29, 0.717) is 25.4 Å². The second kappa shape index (κ2) is 3.51. The molecule has 1 heterocycles. The zero-order valence-electron chi connectivity index (χ0n) is 8.62. The Kier molecular flexibility index (Phi) is 2.49. The first-order chi connectivity index (χ1) is 6.65. The van der Waals surface area contributed by atoms with Gasteiger partial charge >= 0.3 is 0 Å². The van der Waals surface area contributed by atoms with Crippen LogP contribution in [0.15, 0.2) is 0 Å². The van der Waals surface area contributed by atoms with Crippen LogP contribution < -0.4 is 5.32 Å². The molecule has 2 N–H and O–H groups in total. The van der Waals surface area contributed by atoms with Gasteiger partial charge in [-0.15, -0.1) is 0 Å². The molecule has 4 heteroatoms. The van der Waals surface area contributed by atoms with Gasteiger partial charge in [0.2, 0.25) is 5.91 Å². The molecule has 14 heavy (non-hydrogen) atoms. The zero-order valence-corrected chi connectivity index (χ0v) is 8.62. The first-order valence-corrected chi connectivity index (χ1v) is 5.30. The standard InChI is InChI=1S/C10H18N2O2/c1-11-5-4-9(13)12-6-10(14,7-12)8-2-3-8/h8,11,14H,2-7H2,1H3. The summed E-state index contributed by atoms with van der Waals surface area (Å²) in [5.74, 6) is 0.625. The molecule has 2 fully saturated rings. The van der Waals surface area contributed by atoms with Crippen molar-refractivity contribution in [2.45, 2.75) is 24.9 Å². The van der Waals surface area contributed by atoms with Gasteiger partial charge in [-0.2, -0.15) is 0 Å². The van der Waals surface area contributed by atoms with E-state index in [0.717, 1.165) is 19.4 Å². The van der Waals surface area contributed by atoms with Crippen molar-refractivity contribution in [3.8, 4) is 0 Å². The van der Waals surface area contributed by atoms with E-state index in [1.165, 1.54) is 0 Å². The number of carbonyl (C=O) groups excluding carboxylic acids is 1. The molecule has 0 aromatic rings. The maximum atomic E-state index is 11.5. The monoisotopic (exact) mass is 198 g/mol. The van der Waals surface area contributed by atoms with Gasteiger partial charge in [0.1, 0.15) is 5.60 Å². The molecule has 2 rings (SSSR count). The van der Waals surface area contributed by atoms with Crippen LogP contribution in [0.5, 0.6) is 0 Å². The molecule has 0 radical (unpaired) electrons. The molecule has 0 unspecified atom stereocenters. The first kappa shape index (κ1) is 9.93. The number of nitrogens with one attached hydrogen (secondary N) is 1. The molecule has 1 amide bonds. The number of rotatable bonds is 4. The summed E-state index contributed by atoms with van der Waals surface area (Å²) in [4.78, 5) is 13.2. The summed E-state index contributed by atoms with van der Waals surface area (Å²) in [5.41, 5.74) is -0.532. The average Bonchev–Trinajstić information content (AvgIpc) is 2.92. The second-order valence-electron chi connectivity index (χ2n) is 4.48. The van der Waals surface area contributed by atoms with E-state index in [-0.39, 0.29) is 5.91 Å². The molecular formula is C10H18N2O2. The minimum absolute atomic E-state index is 0.157. The molecule has 0 aromatic carbocycles. The maximum absolute atomic E-state index is 11.5. The Morgan fingerprint density at radius 1 is 1.57 bits per heavy atom. The fourth-order valence-electron chi connectivity index (χ4n) is 2.06. The lowest BCUT2D eigenvalue weighted by atomic mass is 9.88. The number of aliphatic hydroxyl groups is 1. The Morgan fingerprint density at radius 2 is 2.21 bits per heavy atom. The van der Waals surface area contributed by atoms with E-state index < -0.39 is 5.60 Å². The average molecular weight is 198 g/mol. The van der Waals surface area contributed by atoms with Crippen molar-refractivity contribution < 1.29 is 9.90 Å². The molecule has 2 aliphatic rings. The van der Waals surface area contributed by atoms with Crippen LogP contribution >= 0.6 is 0 Å². The first-order valence-electron chi connectivity index (χ1n) is 5.30. The molecule has 1 saturated carbocycles. The van der Waals surface area contributed by atoms with Gasteiger partial charge in [-0.05, 0) is 25.8 Å². The molecule has 1 aliphatic heterocycles. The van der Waals surface area contributed by atoms with Gasteiger partial charge in [0.15, 0.2) is 0 Å². The highest BCUT2D eigenvalue weighted by atomic mass is 16.3. The van der Waals surface area contributed by atoms with E-state index in [4.69, 9.17) is 0 Å². The molecule has 0 atom stereocenters. The van der Waals surface area contributed by atoms with Crippen LogP contribution in [0.4, 0.5) is 0 Å². The van der Waals surface area contributed by atoms with Crippen molar-refractivity contribution in [3.05, 3.63) is 0 Å². The van der Waals surface area contributed by atoms with Crippen LogP contribution in [-0.4, -0.2) is 48.2 Å². The SMILES string of the molecule is CNCCC(=O)N1CC(O)(C2CC2)C1. The van der Waals surface area contributed by atoms with E-state index in [1.54, 1.807) is 4.90 Å². The van der Waals surface area contributed by atoms with Crippen molar-refractivity contribution in [1.82, 2.24) is 10.2 Å². The Bertz CT molecular complexity index is 232. The van der Waals surface area contributed by atoms with Crippen molar-refractivity contribution in [2.75, 3.05) is 26.7 Å². The highest BCUT2D eigenvalue weighted by molar-refractivity contribution is 5.77. The molecule has 0 bridgehead atoms. The van der Waals surface area contributed by atoms with E-state index in [9.17, 15) is 9.90 Å². The molecule has 1 saturated heterocycles. The number of nitrogens with zero attached hydrogens (tertiary/aromatic N) is 1. The van der Waals surface area contributed by atoms with Gasteiger partial charge in [0.25, 0.3) is 0 Å². The number of hydrogen-bond donors (Lipinski definition) is 2. The Balaban J connectivity index is 1.73. The minimum atomic E-state index is -0.532. The Hall–Kier alpha value is -0.610. The number of likely N-dealkylation sites (tertiary alicyclic amines) is 1. The quantitative estimate of drug-likeness (QED) is 0.645. The van der Waals surface area contributed by atoms with Crippen LogP contribution in [0, 0.1) is 5.92 Å². The fraction of sp³-hybridized carbons (Fsp3) is 0.900. The smallest absolute Gasteiger partial charge is 0.224 e. The molecule has 80 valence electrons. The van der Waals surface area contributed by atoms with Crippen molar-refractivity contribution >= 4 is 5.91 Å². The highest BCUT2D eigenvalue weighted by Gasteiger charge is 2.52. The zero-order chi connectivity index (χ0) is 10.2. The van der Waals surface area contributed by atoms with Crippen molar-refractivity contribution in [3.63, 3.8) is 0 Å². The third kappa shape index (κ3) is 1.77. The topological polar surface area (TPSA) is 52.6 Å². The fourth-order valence-corrected chi connectivity index (χ4v) is 2.06. The molecule has 1 aliphatic carbocycles. The Labute approximate surface area is 84.3 Å². The Morgan fingerprint density at radius 3 is 2.71 bits per heavy atom. The summed E-state index contributed by atoms with van der Waals surface area (Å²) in [6, 6.07) is 0. The van der Waals surface area contributed by atoms with E-state index in [1.807, 2.05) is 7.05 Å². The van der Waals surface area contributed by atoms with Gasteiger partial charge in [0, 0.05) is 13.0 Å². The summed E-state index contributed by atoms with van der Waals surface area (Å²) in [7, 11) is 1.84. The lowest BCUT2D eigenvalue weighted by Crippen LogP contribution is -2.64. The maximum Gasteiger partial charge on any atom is 0.224 e.